The molecule has 0 spiro atoms. The summed E-state index contributed by atoms with van der Waals surface area (Å²) in [5, 5.41) is 0. The fourth-order valence-corrected chi connectivity index (χ4v) is 2.81. The molecule has 6 heteroatoms. The SMILES string of the molecule is CN1CCCC(N(C)c2ccc(C(N)=S)c(F)c2F)C1. The monoisotopic (exact) mass is 299 g/mol. The van der Waals surface area contributed by atoms with Gasteiger partial charge in [-0.2, -0.15) is 0 Å². The van der Waals surface area contributed by atoms with Gasteiger partial charge in [0.15, 0.2) is 11.6 Å². The Bertz CT molecular complexity index is 521. The molecule has 0 aliphatic carbocycles. The number of nitrogens with two attached hydrogens (primary N) is 1. The highest BCUT2D eigenvalue weighted by Gasteiger charge is 2.25. The molecule has 20 heavy (non-hydrogen) atoms. The van der Waals surface area contributed by atoms with Gasteiger partial charge in [-0.15, -0.1) is 0 Å². The lowest BCUT2D eigenvalue weighted by molar-refractivity contribution is 0.247. The minimum Gasteiger partial charge on any atom is -0.389 e. The molecule has 1 unspecified atom stereocenters. The quantitative estimate of drug-likeness (QED) is 0.867. The molecule has 0 amide bonds. The lowest BCUT2D eigenvalue weighted by atomic mass is 10.0. The van der Waals surface area contributed by atoms with Crippen LogP contribution in [0.3, 0.4) is 0 Å². The zero-order valence-electron chi connectivity index (χ0n) is 11.7. The van der Waals surface area contributed by atoms with Crippen LogP contribution in [0.1, 0.15) is 18.4 Å². The van der Waals surface area contributed by atoms with Crippen molar-refractivity contribution in [1.29, 1.82) is 0 Å². The Morgan fingerprint density at radius 3 is 2.70 bits per heavy atom. The number of likely N-dealkylation sites (tertiary alicyclic amines) is 1. The summed E-state index contributed by atoms with van der Waals surface area (Å²) in [6.45, 7) is 1.89. The van der Waals surface area contributed by atoms with Gasteiger partial charge in [-0.05, 0) is 38.6 Å². The zero-order valence-corrected chi connectivity index (χ0v) is 12.5. The first kappa shape index (κ1) is 15.1. The normalized spacial score (nSPS) is 19.9. The minimum absolute atomic E-state index is 0.0459. The summed E-state index contributed by atoms with van der Waals surface area (Å²) >= 11 is 4.71. The third-order valence-corrected chi connectivity index (χ3v) is 4.07. The van der Waals surface area contributed by atoms with Crippen LogP contribution in [0.25, 0.3) is 0 Å². The molecule has 1 aliphatic heterocycles. The van der Waals surface area contributed by atoms with Gasteiger partial charge < -0.3 is 15.5 Å². The highest BCUT2D eigenvalue weighted by molar-refractivity contribution is 7.80. The van der Waals surface area contributed by atoms with Gasteiger partial charge in [0.2, 0.25) is 0 Å². The molecular formula is C14H19F2N3S. The van der Waals surface area contributed by atoms with Crippen LogP contribution in [0, 0.1) is 11.6 Å². The Labute approximate surface area is 123 Å². The van der Waals surface area contributed by atoms with Crippen LogP contribution in [0.4, 0.5) is 14.5 Å². The summed E-state index contributed by atoms with van der Waals surface area (Å²) in [5.41, 5.74) is 5.58. The van der Waals surface area contributed by atoms with Crippen molar-refractivity contribution < 1.29 is 8.78 Å². The van der Waals surface area contributed by atoms with Crippen molar-refractivity contribution in [3.63, 3.8) is 0 Å². The number of thiocarbonyl (C=S) groups is 1. The van der Waals surface area contributed by atoms with Crippen LogP contribution in [-0.4, -0.2) is 43.1 Å². The molecule has 0 radical (unpaired) electrons. The molecule has 1 aliphatic rings. The van der Waals surface area contributed by atoms with Crippen LogP contribution in [0.15, 0.2) is 12.1 Å². The number of benzene rings is 1. The minimum atomic E-state index is -0.967. The Kier molecular flexibility index (Phi) is 4.55. The van der Waals surface area contributed by atoms with Crippen LogP contribution >= 0.6 is 12.2 Å². The average molecular weight is 299 g/mol. The maximum absolute atomic E-state index is 14.2. The molecule has 0 bridgehead atoms. The largest absolute Gasteiger partial charge is 0.389 e. The third-order valence-electron chi connectivity index (χ3n) is 3.85. The van der Waals surface area contributed by atoms with Gasteiger partial charge in [0.25, 0.3) is 0 Å². The molecule has 1 aromatic rings. The molecule has 3 nitrogen and oxygen atoms in total. The van der Waals surface area contributed by atoms with E-state index < -0.39 is 11.6 Å². The van der Waals surface area contributed by atoms with Gasteiger partial charge in [0.05, 0.1) is 5.69 Å². The molecule has 2 N–H and O–H groups in total. The van der Waals surface area contributed by atoms with E-state index in [1.165, 1.54) is 6.07 Å². The predicted octanol–water partition coefficient (Wildman–Crippen LogP) is 2.13. The standard InChI is InChI=1S/C14H19F2N3S/c1-18-7-3-4-9(8-18)19(2)11-6-5-10(14(17)20)12(15)13(11)16/h5-6,9H,3-4,7-8H2,1-2H3,(H2,17,20). The lowest BCUT2D eigenvalue weighted by Gasteiger charge is -2.37. The van der Waals surface area contributed by atoms with Gasteiger partial charge >= 0.3 is 0 Å². The molecule has 2 rings (SSSR count). The Hall–Kier alpha value is -1.27. The van der Waals surface area contributed by atoms with E-state index in [9.17, 15) is 8.78 Å². The second-order valence-electron chi connectivity index (χ2n) is 5.29. The number of halogens is 2. The number of anilines is 1. The van der Waals surface area contributed by atoms with E-state index in [1.54, 1.807) is 18.0 Å². The second kappa shape index (κ2) is 6.01. The molecule has 1 saturated heterocycles. The topological polar surface area (TPSA) is 32.5 Å². The predicted molar refractivity (Wildman–Crippen MR) is 81.2 cm³/mol. The Morgan fingerprint density at radius 1 is 1.40 bits per heavy atom. The van der Waals surface area contributed by atoms with Crippen LogP contribution in [0.5, 0.6) is 0 Å². The van der Waals surface area contributed by atoms with Crippen LogP contribution < -0.4 is 10.6 Å². The molecule has 0 saturated carbocycles. The highest BCUT2D eigenvalue weighted by atomic mass is 32.1. The third kappa shape index (κ3) is 2.91. The van der Waals surface area contributed by atoms with Crippen molar-refractivity contribution in [2.45, 2.75) is 18.9 Å². The van der Waals surface area contributed by atoms with Gasteiger partial charge in [-0.3, -0.25) is 0 Å². The number of nitrogens with zero attached hydrogens (tertiary/aromatic N) is 2. The molecule has 0 aromatic heterocycles. The number of hydrogen-bond donors (Lipinski definition) is 1. The first-order valence-electron chi connectivity index (χ1n) is 6.61. The molecule has 1 heterocycles. The lowest BCUT2D eigenvalue weighted by Crippen LogP contribution is -2.45. The van der Waals surface area contributed by atoms with E-state index in [1.807, 2.05) is 7.05 Å². The number of hydrogen-bond acceptors (Lipinski definition) is 3. The van der Waals surface area contributed by atoms with E-state index in [0.717, 1.165) is 25.9 Å². The summed E-state index contributed by atoms with van der Waals surface area (Å²) in [5.74, 6) is -1.85. The van der Waals surface area contributed by atoms with Crippen molar-refractivity contribution >= 4 is 22.9 Å². The molecule has 1 aromatic carbocycles. The van der Waals surface area contributed by atoms with Gasteiger partial charge in [0.1, 0.15) is 4.99 Å². The summed E-state index contributed by atoms with van der Waals surface area (Å²) in [4.78, 5) is 3.87. The Morgan fingerprint density at radius 2 is 2.10 bits per heavy atom. The van der Waals surface area contributed by atoms with Gasteiger partial charge in [0, 0.05) is 25.2 Å². The number of rotatable bonds is 3. The van der Waals surface area contributed by atoms with Crippen molar-refractivity contribution in [2.75, 3.05) is 32.1 Å². The van der Waals surface area contributed by atoms with E-state index in [0.29, 0.717) is 0 Å². The summed E-state index contributed by atoms with van der Waals surface area (Å²) in [6, 6.07) is 3.17. The van der Waals surface area contributed by atoms with Gasteiger partial charge in [-0.25, -0.2) is 8.78 Å². The summed E-state index contributed by atoms with van der Waals surface area (Å²) in [7, 11) is 3.83. The van der Waals surface area contributed by atoms with E-state index >= 15 is 0 Å². The van der Waals surface area contributed by atoms with E-state index in [-0.39, 0.29) is 22.3 Å². The second-order valence-corrected chi connectivity index (χ2v) is 5.73. The van der Waals surface area contributed by atoms with Crippen LogP contribution in [0.2, 0.25) is 0 Å². The highest BCUT2D eigenvalue weighted by Crippen LogP contribution is 2.27. The van der Waals surface area contributed by atoms with Crippen molar-refractivity contribution in [3.05, 3.63) is 29.3 Å². The fraction of sp³-hybridized carbons (Fsp3) is 0.500. The smallest absolute Gasteiger partial charge is 0.182 e. The van der Waals surface area contributed by atoms with E-state index in [4.69, 9.17) is 18.0 Å². The van der Waals surface area contributed by atoms with E-state index in [2.05, 4.69) is 4.90 Å². The maximum atomic E-state index is 14.2. The summed E-state index contributed by atoms with van der Waals surface area (Å²) < 4.78 is 28.1. The molecule has 1 atom stereocenters. The van der Waals surface area contributed by atoms with Crippen molar-refractivity contribution in [2.24, 2.45) is 5.73 Å². The average Bonchev–Trinajstić information content (AvgIpc) is 2.40. The van der Waals surface area contributed by atoms with Crippen LogP contribution in [-0.2, 0) is 0 Å². The first-order chi connectivity index (χ1) is 9.41. The molecule has 1 fully saturated rings. The molecular weight excluding hydrogens is 280 g/mol. The zero-order chi connectivity index (χ0) is 14.9. The molecule has 110 valence electrons. The summed E-state index contributed by atoms with van der Waals surface area (Å²) in [6.07, 6.45) is 2.03. The number of likely N-dealkylation sites (N-methyl/N-ethyl adjacent to an activating group) is 2. The fourth-order valence-electron chi connectivity index (χ4n) is 2.65. The van der Waals surface area contributed by atoms with Crippen molar-refractivity contribution in [3.8, 4) is 0 Å². The van der Waals surface area contributed by atoms with Gasteiger partial charge in [-0.1, -0.05) is 12.2 Å². The number of piperidine rings is 1. The Balaban J connectivity index is 2.28. The maximum Gasteiger partial charge on any atom is 0.182 e. The first-order valence-corrected chi connectivity index (χ1v) is 7.01. The van der Waals surface area contributed by atoms with Crippen molar-refractivity contribution in [1.82, 2.24) is 4.90 Å².